The summed E-state index contributed by atoms with van der Waals surface area (Å²) >= 11 is 5.82. The quantitative estimate of drug-likeness (QED) is 0.932. The molecule has 5 heteroatoms. The minimum atomic E-state index is -0.571. The van der Waals surface area contributed by atoms with Gasteiger partial charge in [-0.25, -0.2) is 0 Å². The normalized spacial score (nSPS) is 14.7. The van der Waals surface area contributed by atoms with Gasteiger partial charge in [-0.3, -0.25) is 9.59 Å². The third-order valence-corrected chi connectivity index (χ3v) is 4.52. The van der Waals surface area contributed by atoms with Crippen LogP contribution in [-0.2, 0) is 17.8 Å². The molecule has 0 bridgehead atoms. The van der Waals surface area contributed by atoms with Crippen LogP contribution in [0.5, 0.6) is 0 Å². The van der Waals surface area contributed by atoms with Gasteiger partial charge in [0.05, 0.1) is 0 Å². The van der Waals surface area contributed by atoms with Gasteiger partial charge in [0.2, 0.25) is 5.91 Å². The lowest BCUT2D eigenvalue weighted by atomic mass is 9.99. The summed E-state index contributed by atoms with van der Waals surface area (Å²) in [6.07, 6.45) is 0.847. The van der Waals surface area contributed by atoms with E-state index in [0.717, 1.165) is 6.42 Å². The fourth-order valence-electron chi connectivity index (χ4n) is 2.90. The summed E-state index contributed by atoms with van der Waals surface area (Å²) in [5.41, 5.74) is 2.95. The Kier molecular flexibility index (Phi) is 4.86. The van der Waals surface area contributed by atoms with Gasteiger partial charge < -0.3 is 10.2 Å². The Morgan fingerprint density at radius 3 is 2.46 bits per heavy atom. The minimum absolute atomic E-state index is 0.0631. The summed E-state index contributed by atoms with van der Waals surface area (Å²) in [7, 11) is 0. The SMILES string of the molecule is CC(NC(=O)c1ccc(Cl)cc1)C(=O)N1CCc2ccccc2C1. The second-order valence-electron chi connectivity index (χ2n) is 5.98. The van der Waals surface area contributed by atoms with Crippen LogP contribution < -0.4 is 5.32 Å². The lowest BCUT2D eigenvalue weighted by Gasteiger charge is -2.31. The van der Waals surface area contributed by atoms with Gasteiger partial charge >= 0.3 is 0 Å². The predicted octanol–water partition coefficient (Wildman–Crippen LogP) is 3.04. The Labute approximate surface area is 146 Å². The molecule has 0 fully saturated rings. The Morgan fingerprint density at radius 2 is 1.75 bits per heavy atom. The first kappa shape index (κ1) is 16.5. The molecule has 0 aromatic heterocycles. The average Bonchev–Trinajstić information content (AvgIpc) is 2.61. The molecule has 2 aromatic rings. The van der Waals surface area contributed by atoms with Gasteiger partial charge in [0, 0.05) is 23.7 Å². The maximum absolute atomic E-state index is 12.6. The third kappa shape index (κ3) is 3.60. The molecule has 2 amide bonds. The van der Waals surface area contributed by atoms with Gasteiger partial charge in [0.1, 0.15) is 6.04 Å². The van der Waals surface area contributed by atoms with Gasteiger partial charge in [0.25, 0.3) is 5.91 Å². The Bertz CT molecular complexity index is 758. The first-order valence-corrected chi connectivity index (χ1v) is 8.34. The van der Waals surface area contributed by atoms with Gasteiger partial charge in [-0.15, -0.1) is 0 Å². The van der Waals surface area contributed by atoms with Crippen LogP contribution in [0.4, 0.5) is 0 Å². The average molecular weight is 343 g/mol. The topological polar surface area (TPSA) is 49.4 Å². The number of benzene rings is 2. The van der Waals surface area contributed by atoms with Gasteiger partial charge in [-0.1, -0.05) is 35.9 Å². The molecule has 1 aliphatic heterocycles. The molecule has 1 unspecified atom stereocenters. The van der Waals surface area contributed by atoms with Crippen LogP contribution >= 0.6 is 11.6 Å². The van der Waals surface area contributed by atoms with Crippen LogP contribution in [0.25, 0.3) is 0 Å². The Morgan fingerprint density at radius 1 is 1.08 bits per heavy atom. The maximum Gasteiger partial charge on any atom is 0.251 e. The number of hydrogen-bond donors (Lipinski definition) is 1. The van der Waals surface area contributed by atoms with Crippen LogP contribution in [0.3, 0.4) is 0 Å². The van der Waals surface area contributed by atoms with Gasteiger partial charge in [0.15, 0.2) is 0 Å². The molecule has 0 saturated heterocycles. The van der Waals surface area contributed by atoms with E-state index >= 15 is 0 Å². The summed E-state index contributed by atoms with van der Waals surface area (Å²) in [5, 5.41) is 3.34. The summed E-state index contributed by atoms with van der Waals surface area (Å²) in [6.45, 7) is 2.99. The van der Waals surface area contributed by atoms with Crippen LogP contribution in [0.15, 0.2) is 48.5 Å². The zero-order valence-electron chi connectivity index (χ0n) is 13.5. The summed E-state index contributed by atoms with van der Waals surface area (Å²) < 4.78 is 0. The lowest BCUT2D eigenvalue weighted by Crippen LogP contribution is -2.48. The number of carbonyl (C=O) groups excluding carboxylic acids is 2. The van der Waals surface area contributed by atoms with Crippen molar-refractivity contribution in [1.29, 1.82) is 0 Å². The number of halogens is 1. The molecule has 0 aliphatic carbocycles. The molecule has 24 heavy (non-hydrogen) atoms. The van der Waals surface area contributed by atoms with E-state index in [2.05, 4.69) is 11.4 Å². The minimum Gasteiger partial charge on any atom is -0.341 e. The fourth-order valence-corrected chi connectivity index (χ4v) is 3.03. The van der Waals surface area contributed by atoms with Crippen molar-refractivity contribution in [2.24, 2.45) is 0 Å². The van der Waals surface area contributed by atoms with E-state index in [1.54, 1.807) is 36.1 Å². The van der Waals surface area contributed by atoms with Crippen molar-refractivity contribution in [3.63, 3.8) is 0 Å². The number of fused-ring (bicyclic) bond motifs is 1. The molecule has 124 valence electrons. The Hall–Kier alpha value is -2.33. The zero-order valence-corrected chi connectivity index (χ0v) is 14.2. The molecule has 0 saturated carbocycles. The van der Waals surface area contributed by atoms with Crippen molar-refractivity contribution in [3.8, 4) is 0 Å². The van der Waals surface area contributed by atoms with Crippen molar-refractivity contribution < 1.29 is 9.59 Å². The number of nitrogens with zero attached hydrogens (tertiary/aromatic N) is 1. The Balaban J connectivity index is 1.63. The number of hydrogen-bond acceptors (Lipinski definition) is 2. The van der Waals surface area contributed by atoms with E-state index in [-0.39, 0.29) is 11.8 Å². The lowest BCUT2D eigenvalue weighted by molar-refractivity contribution is -0.133. The second-order valence-corrected chi connectivity index (χ2v) is 6.42. The first-order chi connectivity index (χ1) is 11.5. The predicted molar refractivity (Wildman–Crippen MR) is 93.9 cm³/mol. The van der Waals surface area contributed by atoms with Gasteiger partial charge in [-0.05, 0) is 48.7 Å². The molecule has 0 spiro atoms. The summed E-state index contributed by atoms with van der Waals surface area (Å²) in [6, 6.07) is 14.2. The van der Waals surface area contributed by atoms with Crippen LogP contribution in [0.1, 0.15) is 28.4 Å². The highest BCUT2D eigenvalue weighted by Gasteiger charge is 2.25. The van der Waals surface area contributed by atoms with Crippen molar-refractivity contribution in [2.45, 2.75) is 25.9 Å². The van der Waals surface area contributed by atoms with E-state index < -0.39 is 6.04 Å². The molecule has 2 aromatic carbocycles. The largest absolute Gasteiger partial charge is 0.341 e. The summed E-state index contributed by atoms with van der Waals surface area (Å²) in [5.74, 6) is -0.336. The molecule has 1 aliphatic rings. The highest BCUT2D eigenvalue weighted by atomic mass is 35.5. The smallest absolute Gasteiger partial charge is 0.251 e. The fraction of sp³-hybridized carbons (Fsp3) is 0.263. The number of nitrogens with one attached hydrogen (secondary N) is 1. The zero-order chi connectivity index (χ0) is 17.1. The molecule has 1 heterocycles. The molecular formula is C19H19ClN2O2. The van der Waals surface area contributed by atoms with E-state index in [4.69, 9.17) is 11.6 Å². The van der Waals surface area contributed by atoms with E-state index in [9.17, 15) is 9.59 Å². The molecule has 1 N–H and O–H groups in total. The molecule has 3 rings (SSSR count). The standard InChI is InChI=1S/C19H19ClN2O2/c1-13(21-18(23)15-6-8-17(20)9-7-15)19(24)22-11-10-14-4-2-3-5-16(14)12-22/h2-9,13H,10-12H2,1H3,(H,21,23). The maximum atomic E-state index is 12.6. The molecule has 1 atom stereocenters. The van der Waals surface area contributed by atoms with Crippen LogP contribution in [0.2, 0.25) is 5.02 Å². The van der Waals surface area contributed by atoms with Crippen LogP contribution in [-0.4, -0.2) is 29.3 Å². The number of carbonyl (C=O) groups is 2. The van der Waals surface area contributed by atoms with E-state index in [0.29, 0.717) is 23.7 Å². The molecule has 0 radical (unpaired) electrons. The molecule has 4 nitrogen and oxygen atoms in total. The number of amides is 2. The van der Waals surface area contributed by atoms with Crippen molar-refractivity contribution >= 4 is 23.4 Å². The van der Waals surface area contributed by atoms with E-state index in [1.165, 1.54) is 11.1 Å². The van der Waals surface area contributed by atoms with Crippen LogP contribution in [0, 0.1) is 0 Å². The van der Waals surface area contributed by atoms with Crippen molar-refractivity contribution in [2.75, 3.05) is 6.54 Å². The highest BCUT2D eigenvalue weighted by Crippen LogP contribution is 2.19. The monoisotopic (exact) mass is 342 g/mol. The number of rotatable bonds is 3. The second kappa shape index (κ2) is 7.05. The summed E-state index contributed by atoms with van der Waals surface area (Å²) in [4.78, 5) is 26.6. The molecular weight excluding hydrogens is 324 g/mol. The van der Waals surface area contributed by atoms with Crippen molar-refractivity contribution in [3.05, 3.63) is 70.2 Å². The van der Waals surface area contributed by atoms with Crippen molar-refractivity contribution in [1.82, 2.24) is 10.2 Å². The third-order valence-electron chi connectivity index (χ3n) is 4.27. The van der Waals surface area contributed by atoms with Gasteiger partial charge in [-0.2, -0.15) is 0 Å². The highest BCUT2D eigenvalue weighted by molar-refractivity contribution is 6.30. The van der Waals surface area contributed by atoms with E-state index in [1.807, 2.05) is 18.2 Å². The first-order valence-electron chi connectivity index (χ1n) is 7.96.